The van der Waals surface area contributed by atoms with E-state index in [-0.39, 0.29) is 18.0 Å². The van der Waals surface area contributed by atoms with Crippen LogP contribution in [-0.4, -0.2) is 14.9 Å². The lowest BCUT2D eigenvalue weighted by Gasteiger charge is -1.99. The predicted octanol–water partition coefficient (Wildman–Crippen LogP) is 2.49. The summed E-state index contributed by atoms with van der Waals surface area (Å²) < 4.78 is 3.24. The Morgan fingerprint density at radius 1 is 1.37 bits per heavy atom. The minimum Gasteiger partial charge on any atom is -0.296 e. The first-order chi connectivity index (χ1) is 9.19. The van der Waals surface area contributed by atoms with Crippen molar-refractivity contribution in [2.45, 2.75) is 38.8 Å². The first-order valence-electron chi connectivity index (χ1n) is 6.58. The molecule has 0 bridgehead atoms. The maximum atomic E-state index is 12.1. The van der Waals surface area contributed by atoms with E-state index < -0.39 is 0 Å². The Morgan fingerprint density at radius 3 is 2.79 bits per heavy atom. The molecule has 1 fully saturated rings. The number of carbonyl (C=O) groups excluding carboxylic acids is 1. The van der Waals surface area contributed by atoms with E-state index in [2.05, 4.69) is 6.92 Å². The lowest BCUT2D eigenvalue weighted by atomic mass is 10.3. The van der Waals surface area contributed by atoms with Crippen molar-refractivity contribution < 1.29 is 4.79 Å². The number of ketones is 1. The van der Waals surface area contributed by atoms with Gasteiger partial charge in [0.15, 0.2) is 5.78 Å². The Kier molecular flexibility index (Phi) is 3.14. The van der Waals surface area contributed by atoms with E-state index in [1.165, 1.54) is 20.8 Å². The van der Waals surface area contributed by atoms with E-state index in [0.29, 0.717) is 6.04 Å². The zero-order valence-corrected chi connectivity index (χ0v) is 11.7. The quantitative estimate of drug-likeness (QED) is 0.788. The molecule has 100 valence electrons. The summed E-state index contributed by atoms with van der Waals surface area (Å²) >= 11 is 1.52. The number of hydrogen-bond donors (Lipinski definition) is 0. The molecule has 0 radical (unpaired) electrons. The van der Waals surface area contributed by atoms with E-state index >= 15 is 0 Å². The molecule has 0 N–H and O–H groups in total. The van der Waals surface area contributed by atoms with E-state index in [9.17, 15) is 9.59 Å². The second kappa shape index (κ2) is 4.81. The van der Waals surface area contributed by atoms with Crippen molar-refractivity contribution in [3.8, 4) is 0 Å². The molecule has 0 aliphatic heterocycles. The van der Waals surface area contributed by atoms with Crippen LogP contribution in [0.2, 0.25) is 0 Å². The summed E-state index contributed by atoms with van der Waals surface area (Å²) in [6, 6.07) is 4.20. The number of nitrogens with zero attached hydrogens (tertiary/aromatic N) is 2. The molecule has 1 aliphatic rings. The zero-order chi connectivity index (χ0) is 13.4. The summed E-state index contributed by atoms with van der Waals surface area (Å²) in [5, 5.41) is 0. The van der Waals surface area contributed by atoms with Crippen LogP contribution in [0.3, 0.4) is 0 Å². The largest absolute Gasteiger partial charge is 0.328 e. The van der Waals surface area contributed by atoms with Gasteiger partial charge in [0, 0.05) is 23.3 Å². The molecule has 0 atom stereocenters. The second-order valence-corrected chi connectivity index (χ2v) is 6.06. The smallest absolute Gasteiger partial charge is 0.296 e. The van der Waals surface area contributed by atoms with Gasteiger partial charge in [0.1, 0.15) is 0 Å². The molecule has 0 aromatic carbocycles. The first kappa shape index (κ1) is 12.4. The number of aryl methyl sites for hydroxylation is 1. The minimum absolute atomic E-state index is 0.0142. The molecular formula is C14H16N2O2S. The average molecular weight is 276 g/mol. The molecule has 0 unspecified atom stereocenters. The minimum atomic E-state index is -0.0666. The highest BCUT2D eigenvalue weighted by Crippen LogP contribution is 2.33. The highest BCUT2D eigenvalue weighted by Gasteiger charge is 2.25. The highest BCUT2D eigenvalue weighted by atomic mass is 32.1. The average Bonchev–Trinajstić information content (AvgIpc) is 3.01. The van der Waals surface area contributed by atoms with Crippen LogP contribution < -0.4 is 5.69 Å². The Morgan fingerprint density at radius 2 is 2.16 bits per heavy atom. The van der Waals surface area contributed by atoms with E-state index in [1.54, 1.807) is 17.0 Å². The molecule has 1 saturated carbocycles. The zero-order valence-electron chi connectivity index (χ0n) is 10.8. The van der Waals surface area contributed by atoms with Crippen LogP contribution in [0.1, 0.15) is 40.4 Å². The third-order valence-corrected chi connectivity index (χ3v) is 4.68. The molecule has 1 aliphatic carbocycles. The van der Waals surface area contributed by atoms with E-state index in [1.807, 2.05) is 12.1 Å². The number of thiophene rings is 1. The fourth-order valence-electron chi connectivity index (χ4n) is 2.13. The fraction of sp³-hybridized carbons (Fsp3) is 0.429. The van der Waals surface area contributed by atoms with Gasteiger partial charge in [-0.2, -0.15) is 0 Å². The van der Waals surface area contributed by atoms with Crippen LogP contribution in [0.25, 0.3) is 0 Å². The predicted molar refractivity (Wildman–Crippen MR) is 75.0 cm³/mol. The van der Waals surface area contributed by atoms with Crippen molar-refractivity contribution in [1.29, 1.82) is 0 Å². The summed E-state index contributed by atoms with van der Waals surface area (Å²) in [6.07, 6.45) is 6.59. The molecule has 2 heterocycles. The summed E-state index contributed by atoms with van der Waals surface area (Å²) in [6.45, 7) is 2.21. The van der Waals surface area contributed by atoms with Gasteiger partial charge < -0.3 is 0 Å². The van der Waals surface area contributed by atoms with Gasteiger partial charge in [0.25, 0.3) is 0 Å². The van der Waals surface area contributed by atoms with Crippen molar-refractivity contribution in [3.63, 3.8) is 0 Å². The summed E-state index contributed by atoms with van der Waals surface area (Å²) in [4.78, 5) is 26.1. The van der Waals surface area contributed by atoms with Crippen LogP contribution in [0.15, 0.2) is 29.3 Å². The topological polar surface area (TPSA) is 44.0 Å². The Balaban J connectivity index is 1.77. The standard InChI is InChI=1S/C14H16N2O2S/c1-2-11-5-6-13(19-11)12(17)9-15-7-8-16(14(15)18)10-3-4-10/h5-8,10H,2-4,9H2,1H3. The normalized spacial score (nSPS) is 14.8. The van der Waals surface area contributed by atoms with Gasteiger partial charge in [-0.3, -0.25) is 13.9 Å². The Hall–Kier alpha value is -1.62. The molecule has 2 aromatic rings. The second-order valence-electron chi connectivity index (χ2n) is 4.89. The van der Waals surface area contributed by atoms with Crippen molar-refractivity contribution in [3.05, 3.63) is 44.8 Å². The summed E-state index contributed by atoms with van der Waals surface area (Å²) in [7, 11) is 0. The van der Waals surface area contributed by atoms with E-state index in [0.717, 1.165) is 24.1 Å². The molecule has 19 heavy (non-hydrogen) atoms. The van der Waals surface area contributed by atoms with Gasteiger partial charge in [-0.05, 0) is 31.4 Å². The van der Waals surface area contributed by atoms with Crippen LogP contribution in [-0.2, 0) is 13.0 Å². The number of Topliss-reactive ketones (excluding diaryl/α,β-unsaturated/α-hetero) is 1. The van der Waals surface area contributed by atoms with Crippen molar-refractivity contribution in [1.82, 2.24) is 9.13 Å². The first-order valence-corrected chi connectivity index (χ1v) is 7.40. The molecule has 5 heteroatoms. The van der Waals surface area contributed by atoms with Crippen LogP contribution >= 0.6 is 11.3 Å². The molecule has 0 amide bonds. The van der Waals surface area contributed by atoms with Gasteiger partial charge in [0.2, 0.25) is 0 Å². The van der Waals surface area contributed by atoms with Gasteiger partial charge in [-0.25, -0.2) is 4.79 Å². The molecule has 3 rings (SSSR count). The number of aromatic nitrogens is 2. The third kappa shape index (κ3) is 2.42. The van der Waals surface area contributed by atoms with Gasteiger partial charge >= 0.3 is 5.69 Å². The lowest BCUT2D eigenvalue weighted by molar-refractivity contribution is 0.0974. The Bertz CT molecular complexity index is 661. The SMILES string of the molecule is CCc1ccc(C(=O)Cn2ccn(C3CC3)c2=O)s1. The Labute approximate surface area is 115 Å². The summed E-state index contributed by atoms with van der Waals surface area (Å²) in [5.74, 6) is 0.0142. The fourth-order valence-corrected chi connectivity index (χ4v) is 3.01. The monoisotopic (exact) mass is 276 g/mol. The van der Waals surface area contributed by atoms with Gasteiger partial charge in [-0.15, -0.1) is 11.3 Å². The van der Waals surface area contributed by atoms with Crippen LogP contribution in [0, 0.1) is 0 Å². The molecule has 2 aromatic heterocycles. The van der Waals surface area contributed by atoms with E-state index in [4.69, 9.17) is 0 Å². The number of rotatable bonds is 5. The number of carbonyl (C=O) groups is 1. The number of hydrogen-bond acceptors (Lipinski definition) is 3. The van der Waals surface area contributed by atoms with Crippen molar-refractivity contribution >= 4 is 17.1 Å². The third-order valence-electron chi connectivity index (χ3n) is 3.41. The molecule has 4 nitrogen and oxygen atoms in total. The van der Waals surface area contributed by atoms with Crippen molar-refractivity contribution in [2.24, 2.45) is 0 Å². The lowest BCUT2D eigenvalue weighted by Crippen LogP contribution is -2.26. The van der Waals surface area contributed by atoms with Crippen LogP contribution in [0.4, 0.5) is 0 Å². The van der Waals surface area contributed by atoms with Gasteiger partial charge in [0.05, 0.1) is 11.4 Å². The molecule has 0 spiro atoms. The van der Waals surface area contributed by atoms with Crippen LogP contribution in [0.5, 0.6) is 0 Å². The highest BCUT2D eigenvalue weighted by molar-refractivity contribution is 7.14. The molecule has 0 saturated heterocycles. The maximum absolute atomic E-state index is 12.1. The molecular weight excluding hydrogens is 260 g/mol. The van der Waals surface area contributed by atoms with Crippen molar-refractivity contribution in [2.75, 3.05) is 0 Å². The maximum Gasteiger partial charge on any atom is 0.328 e. The summed E-state index contributed by atoms with van der Waals surface area (Å²) in [5.41, 5.74) is -0.0666. The van der Waals surface area contributed by atoms with Gasteiger partial charge in [-0.1, -0.05) is 6.92 Å². The number of imidazole rings is 1.